The maximum atomic E-state index is 12.4. The number of hydrogen-bond acceptors (Lipinski definition) is 4. The lowest BCUT2D eigenvalue weighted by molar-refractivity contribution is 0.0978. The van der Waals surface area contributed by atoms with E-state index in [4.69, 9.17) is 17.3 Å². The summed E-state index contributed by atoms with van der Waals surface area (Å²) in [6.45, 7) is 0. The Morgan fingerprint density at radius 3 is 1.90 bits per heavy atom. The van der Waals surface area contributed by atoms with E-state index in [1.807, 2.05) is 0 Å². The molecule has 0 saturated carbocycles. The lowest BCUT2D eigenvalue weighted by Gasteiger charge is -2.18. The van der Waals surface area contributed by atoms with Crippen LogP contribution in [0, 0.1) is 0 Å². The quantitative estimate of drug-likeness (QED) is 0.550. The molecule has 0 heterocycles. The van der Waals surface area contributed by atoms with E-state index < -0.39 is 5.24 Å². The Balaban J connectivity index is 2.31. The minimum absolute atomic E-state index is 0.0333. The van der Waals surface area contributed by atoms with Gasteiger partial charge in [-0.1, -0.05) is 24.3 Å². The average molecular weight is 286 g/mol. The lowest BCUT2D eigenvalue weighted by atomic mass is 9.83. The summed E-state index contributed by atoms with van der Waals surface area (Å²) in [5.74, 6) is -0.593. The van der Waals surface area contributed by atoms with Crippen molar-refractivity contribution in [2.75, 3.05) is 5.73 Å². The second-order valence-electron chi connectivity index (χ2n) is 4.46. The number of fused-ring (bicyclic) bond motifs is 2. The van der Waals surface area contributed by atoms with Gasteiger partial charge in [-0.15, -0.1) is 0 Å². The van der Waals surface area contributed by atoms with Crippen molar-refractivity contribution >= 4 is 34.1 Å². The van der Waals surface area contributed by atoms with Gasteiger partial charge in [0.15, 0.2) is 11.6 Å². The first-order chi connectivity index (χ1) is 9.50. The third kappa shape index (κ3) is 1.66. The zero-order valence-electron chi connectivity index (χ0n) is 10.1. The number of benzene rings is 2. The van der Waals surface area contributed by atoms with E-state index in [1.54, 1.807) is 24.3 Å². The van der Waals surface area contributed by atoms with Crippen molar-refractivity contribution in [1.29, 1.82) is 0 Å². The second kappa shape index (κ2) is 4.28. The van der Waals surface area contributed by atoms with Crippen LogP contribution in [0.3, 0.4) is 0 Å². The Labute approximate surface area is 119 Å². The molecule has 1 aliphatic carbocycles. The highest BCUT2D eigenvalue weighted by molar-refractivity contribution is 6.68. The number of hydrogen-bond donors (Lipinski definition) is 1. The van der Waals surface area contributed by atoms with Crippen LogP contribution in [0.25, 0.3) is 0 Å². The first-order valence-corrected chi connectivity index (χ1v) is 6.20. The summed E-state index contributed by atoms with van der Waals surface area (Å²) in [4.78, 5) is 36.0. The number of carbonyl (C=O) groups is 3. The number of rotatable bonds is 1. The highest BCUT2D eigenvalue weighted by atomic mass is 35.5. The molecule has 0 radical (unpaired) electrons. The van der Waals surface area contributed by atoms with Crippen molar-refractivity contribution in [2.24, 2.45) is 0 Å². The smallest absolute Gasteiger partial charge is 0.254 e. The van der Waals surface area contributed by atoms with Crippen LogP contribution >= 0.6 is 11.6 Å². The van der Waals surface area contributed by atoms with E-state index in [1.165, 1.54) is 12.1 Å². The summed E-state index contributed by atoms with van der Waals surface area (Å²) in [6.07, 6.45) is 0. The summed E-state index contributed by atoms with van der Waals surface area (Å²) in [6, 6.07) is 9.17. The van der Waals surface area contributed by atoms with Gasteiger partial charge in [0, 0.05) is 27.9 Å². The van der Waals surface area contributed by atoms with Crippen LogP contribution in [-0.2, 0) is 0 Å². The van der Waals surface area contributed by atoms with Crippen LogP contribution in [0.4, 0.5) is 5.69 Å². The molecule has 0 unspecified atom stereocenters. The molecule has 0 aromatic heterocycles. The van der Waals surface area contributed by atoms with Crippen molar-refractivity contribution in [3.8, 4) is 0 Å². The molecule has 3 rings (SSSR count). The van der Waals surface area contributed by atoms with Crippen molar-refractivity contribution in [3.63, 3.8) is 0 Å². The summed E-state index contributed by atoms with van der Waals surface area (Å²) in [5.41, 5.74) is 6.85. The van der Waals surface area contributed by atoms with Crippen LogP contribution in [0.1, 0.15) is 42.2 Å². The molecule has 98 valence electrons. The summed E-state index contributed by atoms with van der Waals surface area (Å²) in [7, 11) is 0. The van der Waals surface area contributed by atoms with Gasteiger partial charge in [-0.05, 0) is 23.7 Å². The Bertz CT molecular complexity index is 796. The molecule has 4 nitrogen and oxygen atoms in total. The molecule has 20 heavy (non-hydrogen) atoms. The van der Waals surface area contributed by atoms with E-state index >= 15 is 0 Å². The summed E-state index contributed by atoms with van der Waals surface area (Å²) < 4.78 is 0. The zero-order valence-corrected chi connectivity index (χ0v) is 10.9. The first-order valence-electron chi connectivity index (χ1n) is 5.82. The number of nitrogen functional groups attached to an aromatic ring is 1. The van der Waals surface area contributed by atoms with Crippen molar-refractivity contribution in [3.05, 3.63) is 64.2 Å². The Hall–Kier alpha value is -2.46. The minimum Gasteiger partial charge on any atom is -0.398 e. The fraction of sp³-hybridized carbons (Fsp3) is 0. The van der Waals surface area contributed by atoms with E-state index in [0.29, 0.717) is 11.1 Å². The van der Waals surface area contributed by atoms with E-state index in [0.717, 1.165) is 0 Å². The van der Waals surface area contributed by atoms with Crippen molar-refractivity contribution in [1.82, 2.24) is 0 Å². The number of ketones is 2. The molecule has 2 N–H and O–H groups in total. The standard InChI is InChI=1S/C15H8ClNO3/c16-15(20)11-5-9-10(6-12(11)17)14(19)8-4-2-1-3-7(8)13(9)18/h1-6H,17H2. The predicted molar refractivity (Wildman–Crippen MR) is 74.3 cm³/mol. The maximum absolute atomic E-state index is 12.4. The molecule has 0 atom stereocenters. The van der Waals surface area contributed by atoms with Gasteiger partial charge in [0.05, 0.1) is 5.56 Å². The van der Waals surface area contributed by atoms with Gasteiger partial charge in [-0.3, -0.25) is 14.4 Å². The van der Waals surface area contributed by atoms with Gasteiger partial charge in [-0.2, -0.15) is 0 Å². The molecule has 0 amide bonds. The number of anilines is 1. The number of nitrogens with two attached hydrogens (primary N) is 1. The molecule has 0 spiro atoms. The average Bonchev–Trinajstić information content (AvgIpc) is 2.44. The van der Waals surface area contributed by atoms with Crippen molar-refractivity contribution in [2.45, 2.75) is 0 Å². The SMILES string of the molecule is Nc1cc2c(cc1C(=O)Cl)C(=O)c1ccccc1C2=O. The van der Waals surface area contributed by atoms with Crippen LogP contribution < -0.4 is 5.73 Å². The first kappa shape index (κ1) is 12.6. The Morgan fingerprint density at radius 2 is 1.40 bits per heavy atom. The summed E-state index contributed by atoms with van der Waals surface area (Å²) in [5, 5.41) is -0.760. The van der Waals surface area contributed by atoms with E-state index in [2.05, 4.69) is 0 Å². The van der Waals surface area contributed by atoms with Crippen LogP contribution in [0.5, 0.6) is 0 Å². The normalized spacial score (nSPS) is 12.8. The van der Waals surface area contributed by atoms with Gasteiger partial charge in [0.25, 0.3) is 5.24 Å². The van der Waals surface area contributed by atoms with Crippen LogP contribution in [-0.4, -0.2) is 16.8 Å². The molecule has 1 aliphatic rings. The highest BCUT2D eigenvalue weighted by Gasteiger charge is 2.30. The fourth-order valence-corrected chi connectivity index (χ4v) is 2.50. The molecule has 2 aromatic carbocycles. The van der Waals surface area contributed by atoms with Gasteiger partial charge >= 0.3 is 0 Å². The molecular weight excluding hydrogens is 278 g/mol. The Kier molecular flexibility index (Phi) is 2.69. The monoisotopic (exact) mass is 285 g/mol. The minimum atomic E-state index is -0.760. The van der Waals surface area contributed by atoms with Gasteiger partial charge in [0.2, 0.25) is 0 Å². The molecule has 0 aliphatic heterocycles. The van der Waals surface area contributed by atoms with Gasteiger partial charge in [-0.25, -0.2) is 0 Å². The molecule has 0 bridgehead atoms. The van der Waals surface area contributed by atoms with E-state index in [9.17, 15) is 14.4 Å². The third-order valence-corrected chi connectivity index (χ3v) is 3.51. The van der Waals surface area contributed by atoms with Crippen molar-refractivity contribution < 1.29 is 14.4 Å². The van der Waals surface area contributed by atoms with Crippen LogP contribution in [0.2, 0.25) is 0 Å². The zero-order chi connectivity index (χ0) is 14.4. The Morgan fingerprint density at radius 1 is 0.900 bits per heavy atom. The number of carbonyl (C=O) groups excluding carboxylic acids is 3. The highest BCUT2D eigenvalue weighted by Crippen LogP contribution is 2.30. The fourth-order valence-electron chi connectivity index (χ4n) is 2.33. The number of halogens is 1. The largest absolute Gasteiger partial charge is 0.398 e. The second-order valence-corrected chi connectivity index (χ2v) is 4.81. The molecule has 0 fully saturated rings. The molecule has 2 aromatic rings. The predicted octanol–water partition coefficient (Wildman–Crippen LogP) is 2.42. The topological polar surface area (TPSA) is 77.2 Å². The molecule has 5 heteroatoms. The van der Waals surface area contributed by atoms with Gasteiger partial charge in [0.1, 0.15) is 0 Å². The third-order valence-electron chi connectivity index (χ3n) is 3.31. The van der Waals surface area contributed by atoms with Gasteiger partial charge < -0.3 is 5.73 Å². The summed E-state index contributed by atoms with van der Waals surface area (Å²) >= 11 is 5.42. The van der Waals surface area contributed by atoms with Crippen LogP contribution in [0.15, 0.2) is 36.4 Å². The van der Waals surface area contributed by atoms with E-state index in [-0.39, 0.29) is 33.9 Å². The lowest BCUT2D eigenvalue weighted by Crippen LogP contribution is -2.21. The molecular formula is C15H8ClNO3. The molecule has 0 saturated heterocycles. The maximum Gasteiger partial charge on any atom is 0.254 e.